The fraction of sp³-hybridized carbons (Fsp3) is 0.304. The Kier molecular flexibility index (Phi) is 7.34. The maximum absolute atomic E-state index is 12.9. The SMILES string of the molecule is CCOc1cc(C=C2SC(=S)N(CCCc3ccccc3)C2=O)c(C)cc1OC. The van der Waals surface area contributed by atoms with Crippen molar-refractivity contribution in [3.63, 3.8) is 0 Å². The fourth-order valence-corrected chi connectivity index (χ4v) is 4.48. The fourth-order valence-electron chi connectivity index (χ4n) is 3.18. The number of hydrogen-bond donors (Lipinski definition) is 0. The quantitative estimate of drug-likeness (QED) is 0.426. The highest BCUT2D eigenvalue weighted by Gasteiger charge is 2.31. The minimum absolute atomic E-state index is 0.0266. The van der Waals surface area contributed by atoms with Crippen LogP contribution in [0.1, 0.15) is 30.0 Å². The number of carbonyl (C=O) groups excluding carboxylic acids is 1. The first-order valence-corrected chi connectivity index (χ1v) is 10.9. The van der Waals surface area contributed by atoms with E-state index in [1.807, 2.05) is 50.3 Å². The molecule has 1 saturated heterocycles. The molecular weight excluding hydrogens is 402 g/mol. The lowest BCUT2D eigenvalue weighted by Gasteiger charge is -2.14. The van der Waals surface area contributed by atoms with Gasteiger partial charge in [0.2, 0.25) is 0 Å². The Hall–Kier alpha value is -2.31. The molecule has 0 bridgehead atoms. The number of ether oxygens (including phenoxy) is 2. The van der Waals surface area contributed by atoms with E-state index in [2.05, 4.69) is 12.1 Å². The van der Waals surface area contributed by atoms with Crippen LogP contribution in [0.4, 0.5) is 0 Å². The lowest BCUT2D eigenvalue weighted by molar-refractivity contribution is -0.122. The van der Waals surface area contributed by atoms with Crippen molar-refractivity contribution in [2.75, 3.05) is 20.3 Å². The number of amides is 1. The minimum Gasteiger partial charge on any atom is -0.493 e. The van der Waals surface area contributed by atoms with Crippen molar-refractivity contribution >= 4 is 40.3 Å². The Morgan fingerprint density at radius 3 is 2.62 bits per heavy atom. The van der Waals surface area contributed by atoms with Crippen LogP contribution in [0.25, 0.3) is 6.08 Å². The van der Waals surface area contributed by atoms with Crippen LogP contribution in [0.2, 0.25) is 0 Å². The van der Waals surface area contributed by atoms with Crippen molar-refractivity contribution < 1.29 is 14.3 Å². The molecule has 1 aliphatic heterocycles. The molecule has 6 heteroatoms. The van der Waals surface area contributed by atoms with E-state index in [1.54, 1.807) is 12.0 Å². The van der Waals surface area contributed by atoms with Gasteiger partial charge in [-0.05, 0) is 61.6 Å². The summed E-state index contributed by atoms with van der Waals surface area (Å²) in [6.07, 6.45) is 3.69. The van der Waals surface area contributed by atoms with Crippen LogP contribution >= 0.6 is 24.0 Å². The number of carbonyl (C=O) groups is 1. The molecule has 0 spiro atoms. The van der Waals surface area contributed by atoms with E-state index in [0.717, 1.165) is 24.0 Å². The molecule has 0 unspecified atom stereocenters. The van der Waals surface area contributed by atoms with Crippen LogP contribution in [-0.4, -0.2) is 35.4 Å². The second-order valence-electron chi connectivity index (χ2n) is 6.72. The van der Waals surface area contributed by atoms with Gasteiger partial charge in [-0.25, -0.2) is 0 Å². The van der Waals surface area contributed by atoms with Gasteiger partial charge in [-0.15, -0.1) is 0 Å². The molecule has 3 rings (SSSR count). The highest BCUT2D eigenvalue weighted by molar-refractivity contribution is 8.26. The molecule has 4 nitrogen and oxygen atoms in total. The van der Waals surface area contributed by atoms with Crippen molar-refractivity contribution in [3.8, 4) is 11.5 Å². The van der Waals surface area contributed by atoms with Crippen molar-refractivity contribution in [3.05, 3.63) is 64.1 Å². The largest absolute Gasteiger partial charge is 0.493 e. The Labute approximate surface area is 181 Å². The Morgan fingerprint density at radius 2 is 1.93 bits per heavy atom. The van der Waals surface area contributed by atoms with Crippen LogP contribution < -0.4 is 9.47 Å². The highest BCUT2D eigenvalue weighted by atomic mass is 32.2. The second kappa shape index (κ2) is 9.94. The van der Waals surface area contributed by atoms with Gasteiger partial charge in [0, 0.05) is 6.54 Å². The number of thiocarbonyl (C=S) groups is 1. The van der Waals surface area contributed by atoms with Gasteiger partial charge in [-0.2, -0.15) is 0 Å². The molecule has 1 aliphatic rings. The molecule has 0 radical (unpaired) electrons. The zero-order chi connectivity index (χ0) is 20.8. The summed E-state index contributed by atoms with van der Waals surface area (Å²) in [6, 6.07) is 14.1. The van der Waals surface area contributed by atoms with Crippen molar-refractivity contribution in [1.29, 1.82) is 0 Å². The Bertz CT molecular complexity index is 925. The summed E-state index contributed by atoms with van der Waals surface area (Å²) in [4.78, 5) is 15.3. The van der Waals surface area contributed by atoms with E-state index in [4.69, 9.17) is 21.7 Å². The average molecular weight is 428 g/mol. The van der Waals surface area contributed by atoms with Crippen molar-refractivity contribution in [2.45, 2.75) is 26.7 Å². The van der Waals surface area contributed by atoms with Crippen molar-refractivity contribution in [2.24, 2.45) is 0 Å². The van der Waals surface area contributed by atoms with E-state index >= 15 is 0 Å². The van der Waals surface area contributed by atoms with Crippen LogP contribution in [0.15, 0.2) is 47.4 Å². The standard InChI is InChI=1S/C23H25NO3S2/c1-4-27-20-14-18(16(2)13-19(20)26-3)15-21-22(25)24(23(28)29-21)12-8-11-17-9-6-5-7-10-17/h5-7,9-10,13-15H,4,8,11-12H2,1-3H3. The van der Waals surface area contributed by atoms with E-state index < -0.39 is 0 Å². The molecule has 1 heterocycles. The summed E-state index contributed by atoms with van der Waals surface area (Å²) in [5, 5.41) is 0. The molecule has 0 aliphatic carbocycles. The third kappa shape index (κ3) is 5.19. The summed E-state index contributed by atoms with van der Waals surface area (Å²) >= 11 is 6.82. The molecule has 0 aromatic heterocycles. The van der Waals surface area contributed by atoms with E-state index in [-0.39, 0.29) is 5.91 Å². The topological polar surface area (TPSA) is 38.8 Å². The maximum atomic E-state index is 12.9. The van der Waals surface area contributed by atoms with Gasteiger partial charge in [0.25, 0.3) is 5.91 Å². The zero-order valence-corrected chi connectivity index (χ0v) is 18.6. The highest BCUT2D eigenvalue weighted by Crippen LogP contribution is 2.36. The number of aryl methyl sites for hydroxylation is 2. The van der Waals surface area contributed by atoms with Crippen LogP contribution in [0.3, 0.4) is 0 Å². The first-order chi connectivity index (χ1) is 14.0. The maximum Gasteiger partial charge on any atom is 0.266 e. The summed E-state index contributed by atoms with van der Waals surface area (Å²) in [6.45, 7) is 5.09. The number of hydrogen-bond acceptors (Lipinski definition) is 5. The van der Waals surface area contributed by atoms with Gasteiger partial charge < -0.3 is 9.47 Å². The molecule has 0 atom stereocenters. The van der Waals surface area contributed by atoms with Gasteiger partial charge in [0.1, 0.15) is 4.32 Å². The summed E-state index contributed by atoms with van der Waals surface area (Å²) in [5.74, 6) is 1.33. The van der Waals surface area contributed by atoms with Gasteiger partial charge in [-0.3, -0.25) is 9.69 Å². The number of benzene rings is 2. The van der Waals surface area contributed by atoms with E-state index in [9.17, 15) is 4.79 Å². The molecule has 1 amide bonds. The van der Waals surface area contributed by atoms with E-state index in [0.29, 0.717) is 33.9 Å². The normalized spacial score (nSPS) is 15.3. The lowest BCUT2D eigenvalue weighted by Crippen LogP contribution is -2.29. The first kappa shape index (κ1) is 21.4. The summed E-state index contributed by atoms with van der Waals surface area (Å²) in [7, 11) is 1.62. The summed E-state index contributed by atoms with van der Waals surface area (Å²) in [5.41, 5.74) is 3.21. The molecule has 0 saturated carbocycles. The van der Waals surface area contributed by atoms with Gasteiger partial charge in [0.05, 0.1) is 18.6 Å². The van der Waals surface area contributed by atoms with Crippen LogP contribution in [-0.2, 0) is 11.2 Å². The molecule has 0 N–H and O–H groups in total. The third-order valence-electron chi connectivity index (χ3n) is 4.70. The second-order valence-corrected chi connectivity index (χ2v) is 8.39. The summed E-state index contributed by atoms with van der Waals surface area (Å²) < 4.78 is 11.7. The number of methoxy groups -OCH3 is 1. The monoisotopic (exact) mass is 427 g/mol. The molecule has 1 fully saturated rings. The Balaban J connectivity index is 1.73. The molecule has 29 heavy (non-hydrogen) atoms. The molecule has 152 valence electrons. The smallest absolute Gasteiger partial charge is 0.266 e. The number of nitrogens with zero attached hydrogens (tertiary/aromatic N) is 1. The molecule has 2 aromatic carbocycles. The zero-order valence-electron chi connectivity index (χ0n) is 16.9. The Morgan fingerprint density at radius 1 is 1.17 bits per heavy atom. The predicted molar refractivity (Wildman–Crippen MR) is 124 cm³/mol. The van der Waals surface area contributed by atoms with Crippen LogP contribution in [0, 0.1) is 6.92 Å². The number of rotatable bonds is 8. The molecule has 2 aromatic rings. The number of thioether (sulfide) groups is 1. The predicted octanol–water partition coefficient (Wildman–Crippen LogP) is 5.24. The van der Waals surface area contributed by atoms with E-state index in [1.165, 1.54) is 17.3 Å². The third-order valence-corrected chi connectivity index (χ3v) is 6.08. The first-order valence-electron chi connectivity index (χ1n) is 9.64. The van der Waals surface area contributed by atoms with Crippen molar-refractivity contribution in [1.82, 2.24) is 4.90 Å². The van der Waals surface area contributed by atoms with Gasteiger partial charge >= 0.3 is 0 Å². The van der Waals surface area contributed by atoms with Gasteiger partial charge in [-0.1, -0.05) is 54.3 Å². The van der Waals surface area contributed by atoms with Gasteiger partial charge in [0.15, 0.2) is 11.5 Å². The lowest BCUT2D eigenvalue weighted by atomic mass is 10.1. The average Bonchev–Trinajstić information content (AvgIpc) is 2.98. The van der Waals surface area contributed by atoms with Crippen LogP contribution in [0.5, 0.6) is 11.5 Å². The molecular formula is C23H25NO3S2. The minimum atomic E-state index is -0.0266.